The molecule has 0 heterocycles. The molecular weight excluding hydrogens is 326 g/mol. The van der Waals surface area contributed by atoms with Crippen LogP contribution >= 0.6 is 0 Å². The van der Waals surface area contributed by atoms with Gasteiger partial charge in [-0.25, -0.2) is 8.42 Å². The number of hydrogen-bond acceptors (Lipinski definition) is 4. The lowest BCUT2D eigenvalue weighted by atomic mass is 10.1. The van der Waals surface area contributed by atoms with Crippen LogP contribution in [0.5, 0.6) is 5.75 Å². The fraction of sp³-hybridized carbons (Fsp3) is 0.389. The highest BCUT2D eigenvalue weighted by Crippen LogP contribution is 2.13. The van der Waals surface area contributed by atoms with Crippen molar-refractivity contribution in [1.82, 2.24) is 4.90 Å². The molecule has 0 radical (unpaired) electrons. The van der Waals surface area contributed by atoms with Crippen molar-refractivity contribution in [3.05, 3.63) is 53.0 Å². The van der Waals surface area contributed by atoms with E-state index < -0.39 is 9.84 Å². The van der Waals surface area contributed by atoms with Crippen molar-refractivity contribution in [3.8, 4) is 5.75 Å². The molecule has 0 unspecified atom stereocenters. The lowest BCUT2D eigenvalue weighted by molar-refractivity contribution is -0.124. The van der Waals surface area contributed by atoms with E-state index in [1.54, 1.807) is 7.05 Å². The van der Waals surface area contributed by atoms with Crippen molar-refractivity contribution < 1.29 is 17.9 Å². The van der Waals surface area contributed by atoms with E-state index >= 15 is 0 Å². The number of amides is 1. The summed E-state index contributed by atoms with van der Waals surface area (Å²) >= 11 is 0. The van der Waals surface area contributed by atoms with Crippen molar-refractivity contribution >= 4 is 15.7 Å². The van der Waals surface area contributed by atoms with Gasteiger partial charge in [-0.3, -0.25) is 4.79 Å². The van der Waals surface area contributed by atoms with E-state index in [0.717, 1.165) is 29.1 Å². The Labute approximate surface area is 144 Å². The van der Waals surface area contributed by atoms with Gasteiger partial charge in [-0.2, -0.15) is 0 Å². The first-order valence-electron chi connectivity index (χ1n) is 7.66. The van der Waals surface area contributed by atoms with Crippen molar-refractivity contribution in [2.75, 3.05) is 26.5 Å². The normalized spacial score (nSPS) is 11.3. The molecule has 6 heteroatoms. The molecular formula is C18H25NO4S. The Bertz CT molecular complexity index is 699. The van der Waals surface area contributed by atoms with Gasteiger partial charge in [0.1, 0.15) is 12.4 Å². The Morgan fingerprint density at radius 3 is 2.38 bits per heavy atom. The SMILES string of the molecule is CC(C)=CCOc1ccc(CCN(C)C(=O)C=CS(C)(=O)=O)cc1. The minimum absolute atomic E-state index is 0.331. The fourth-order valence-corrected chi connectivity index (χ4v) is 2.14. The van der Waals surface area contributed by atoms with Gasteiger partial charge in [-0.15, -0.1) is 0 Å². The number of rotatable bonds is 8. The molecule has 132 valence electrons. The molecule has 1 amide bonds. The maximum absolute atomic E-state index is 11.8. The van der Waals surface area contributed by atoms with E-state index in [4.69, 9.17) is 4.74 Å². The lowest BCUT2D eigenvalue weighted by Gasteiger charge is -2.15. The summed E-state index contributed by atoms with van der Waals surface area (Å²) < 4.78 is 27.6. The summed E-state index contributed by atoms with van der Waals surface area (Å²) in [6, 6.07) is 7.73. The van der Waals surface area contributed by atoms with Gasteiger partial charge in [0.15, 0.2) is 9.84 Å². The summed E-state index contributed by atoms with van der Waals surface area (Å²) in [7, 11) is -1.64. The third-order valence-corrected chi connectivity index (χ3v) is 3.87. The van der Waals surface area contributed by atoms with Gasteiger partial charge in [0.25, 0.3) is 0 Å². The molecule has 0 atom stereocenters. The number of sulfone groups is 1. The van der Waals surface area contributed by atoms with E-state index in [9.17, 15) is 13.2 Å². The summed E-state index contributed by atoms with van der Waals surface area (Å²) in [6.45, 7) is 5.10. The third-order valence-electron chi connectivity index (χ3n) is 3.23. The molecule has 1 aromatic carbocycles. The Balaban J connectivity index is 2.48. The second-order valence-electron chi connectivity index (χ2n) is 5.88. The molecule has 0 spiro atoms. The Morgan fingerprint density at radius 2 is 1.83 bits per heavy atom. The molecule has 0 bridgehead atoms. The molecule has 0 aromatic heterocycles. The molecule has 1 rings (SSSR count). The molecule has 0 aliphatic heterocycles. The number of likely N-dealkylation sites (N-methyl/N-ethyl adjacent to an activating group) is 1. The molecule has 0 aliphatic rings. The molecule has 1 aromatic rings. The van der Waals surface area contributed by atoms with Crippen molar-refractivity contribution in [1.29, 1.82) is 0 Å². The van der Waals surface area contributed by atoms with E-state index in [2.05, 4.69) is 0 Å². The zero-order valence-electron chi connectivity index (χ0n) is 14.7. The molecule has 0 fully saturated rings. The molecule has 0 saturated heterocycles. The Hall–Kier alpha value is -2.08. The van der Waals surface area contributed by atoms with Crippen LogP contribution in [0.4, 0.5) is 0 Å². The largest absolute Gasteiger partial charge is 0.490 e. The lowest BCUT2D eigenvalue weighted by Crippen LogP contribution is -2.27. The minimum Gasteiger partial charge on any atom is -0.490 e. The van der Waals surface area contributed by atoms with Crippen LogP contribution in [-0.2, 0) is 21.1 Å². The zero-order chi connectivity index (χ0) is 18.2. The summed E-state index contributed by atoms with van der Waals surface area (Å²) in [6.07, 6.45) is 4.83. The van der Waals surface area contributed by atoms with Gasteiger partial charge in [0.05, 0.1) is 0 Å². The average Bonchev–Trinajstić information content (AvgIpc) is 2.50. The van der Waals surface area contributed by atoms with Gasteiger partial charge >= 0.3 is 0 Å². The van der Waals surface area contributed by atoms with Crippen LogP contribution in [0.15, 0.2) is 47.4 Å². The van der Waals surface area contributed by atoms with Gasteiger partial charge in [-0.1, -0.05) is 17.7 Å². The number of carbonyl (C=O) groups excluding carboxylic acids is 1. The van der Waals surface area contributed by atoms with E-state index in [-0.39, 0.29) is 5.91 Å². The highest BCUT2D eigenvalue weighted by Gasteiger charge is 2.06. The smallest absolute Gasteiger partial charge is 0.247 e. The first kappa shape index (κ1) is 20.0. The van der Waals surface area contributed by atoms with Crippen molar-refractivity contribution in [2.45, 2.75) is 20.3 Å². The first-order valence-corrected chi connectivity index (χ1v) is 9.61. The maximum Gasteiger partial charge on any atom is 0.247 e. The van der Waals surface area contributed by atoms with Crippen molar-refractivity contribution in [3.63, 3.8) is 0 Å². The van der Waals surface area contributed by atoms with Crippen LogP contribution < -0.4 is 4.74 Å². The highest BCUT2D eigenvalue weighted by molar-refractivity contribution is 7.93. The number of benzene rings is 1. The third kappa shape index (κ3) is 8.53. The van der Waals surface area contributed by atoms with E-state index in [1.807, 2.05) is 44.2 Å². The highest BCUT2D eigenvalue weighted by atomic mass is 32.2. The van der Waals surface area contributed by atoms with Crippen LogP contribution in [0.2, 0.25) is 0 Å². The fourth-order valence-electron chi connectivity index (χ4n) is 1.77. The predicted molar refractivity (Wildman–Crippen MR) is 96.7 cm³/mol. The van der Waals surface area contributed by atoms with Crippen LogP contribution in [0.25, 0.3) is 0 Å². The predicted octanol–water partition coefficient (Wildman–Crippen LogP) is 2.59. The quantitative estimate of drug-likeness (QED) is 0.533. The number of nitrogens with zero attached hydrogens (tertiary/aromatic N) is 1. The van der Waals surface area contributed by atoms with Crippen LogP contribution in [0.1, 0.15) is 19.4 Å². The summed E-state index contributed by atoms with van der Waals surface area (Å²) in [4.78, 5) is 13.3. The average molecular weight is 351 g/mol. The molecule has 0 aliphatic carbocycles. The molecule has 24 heavy (non-hydrogen) atoms. The molecule has 0 saturated carbocycles. The topological polar surface area (TPSA) is 63.7 Å². The zero-order valence-corrected chi connectivity index (χ0v) is 15.5. The van der Waals surface area contributed by atoms with Crippen LogP contribution in [-0.4, -0.2) is 45.7 Å². The van der Waals surface area contributed by atoms with Gasteiger partial charge in [-0.05, 0) is 44.0 Å². The Morgan fingerprint density at radius 1 is 1.21 bits per heavy atom. The molecule has 0 N–H and O–H groups in total. The van der Waals surface area contributed by atoms with Gasteiger partial charge in [0, 0.05) is 31.3 Å². The van der Waals surface area contributed by atoms with E-state index in [0.29, 0.717) is 19.6 Å². The standard InChI is InChI=1S/C18H25NO4S/c1-15(2)10-13-23-17-7-5-16(6-8-17)9-12-19(3)18(20)11-14-24(4,21)22/h5-8,10-11,14H,9,12-13H2,1-4H3. The van der Waals surface area contributed by atoms with Crippen LogP contribution in [0.3, 0.4) is 0 Å². The second-order valence-corrected chi connectivity index (χ2v) is 7.81. The number of allylic oxidation sites excluding steroid dienone is 1. The first-order chi connectivity index (χ1) is 11.2. The van der Waals surface area contributed by atoms with Crippen molar-refractivity contribution in [2.24, 2.45) is 0 Å². The Kier molecular flexibility index (Phi) is 7.71. The monoisotopic (exact) mass is 351 g/mol. The number of ether oxygens (including phenoxy) is 1. The second kappa shape index (κ2) is 9.27. The summed E-state index contributed by atoms with van der Waals surface area (Å²) in [5, 5.41) is 0.921. The summed E-state index contributed by atoms with van der Waals surface area (Å²) in [5.74, 6) is 0.471. The van der Waals surface area contributed by atoms with Gasteiger partial charge in [0.2, 0.25) is 5.91 Å². The van der Waals surface area contributed by atoms with E-state index in [1.165, 1.54) is 10.5 Å². The maximum atomic E-state index is 11.8. The number of hydrogen-bond donors (Lipinski definition) is 0. The minimum atomic E-state index is -3.28. The summed E-state index contributed by atoms with van der Waals surface area (Å²) in [5.41, 5.74) is 2.29. The molecule has 5 nitrogen and oxygen atoms in total. The van der Waals surface area contributed by atoms with Gasteiger partial charge < -0.3 is 9.64 Å². The van der Waals surface area contributed by atoms with Crippen LogP contribution in [0, 0.1) is 0 Å². The number of carbonyl (C=O) groups is 1.